The van der Waals surface area contributed by atoms with Gasteiger partial charge in [-0.3, -0.25) is 4.79 Å². The Labute approximate surface area is 120 Å². The van der Waals surface area contributed by atoms with E-state index in [1.165, 1.54) is 16.9 Å². The number of fused-ring (bicyclic) bond motifs is 1. The van der Waals surface area contributed by atoms with Crippen molar-refractivity contribution in [1.29, 1.82) is 0 Å². The molecule has 2 N–H and O–H groups in total. The average Bonchev–Trinajstić information content (AvgIpc) is 2.87. The summed E-state index contributed by atoms with van der Waals surface area (Å²) >= 11 is 0. The molecule has 3 aromatic rings. The molecule has 1 amide bonds. The normalized spacial score (nSPS) is 10.7. The van der Waals surface area contributed by atoms with Crippen LogP contribution in [-0.2, 0) is 11.2 Å². The molecule has 2 heterocycles. The highest BCUT2D eigenvalue weighted by Gasteiger charge is 2.10. The molecule has 0 aliphatic carbocycles. The molecule has 0 aliphatic rings. The third-order valence-electron chi connectivity index (χ3n) is 2.93. The summed E-state index contributed by atoms with van der Waals surface area (Å²) < 4.78 is 1.20. The van der Waals surface area contributed by atoms with E-state index in [0.29, 0.717) is 5.69 Å². The van der Waals surface area contributed by atoms with E-state index in [9.17, 15) is 9.90 Å². The van der Waals surface area contributed by atoms with Crippen LogP contribution >= 0.6 is 0 Å². The van der Waals surface area contributed by atoms with Crippen molar-refractivity contribution in [3.63, 3.8) is 0 Å². The number of carbonyl (C=O) groups excluding carboxylic acids is 1. The van der Waals surface area contributed by atoms with Crippen LogP contribution in [0.4, 0.5) is 5.69 Å². The molecule has 0 saturated carbocycles. The highest BCUT2D eigenvalue weighted by atomic mass is 16.3. The van der Waals surface area contributed by atoms with Crippen LogP contribution in [0.2, 0.25) is 0 Å². The van der Waals surface area contributed by atoms with Gasteiger partial charge in [0.2, 0.25) is 11.8 Å². The van der Waals surface area contributed by atoms with E-state index in [4.69, 9.17) is 0 Å². The lowest BCUT2D eigenvalue weighted by Crippen LogP contribution is -2.15. The average molecular weight is 283 g/mol. The number of aromatic nitrogens is 4. The van der Waals surface area contributed by atoms with Gasteiger partial charge in [0, 0.05) is 11.8 Å². The molecule has 2 aromatic heterocycles. The van der Waals surface area contributed by atoms with Gasteiger partial charge in [0.15, 0.2) is 0 Å². The Morgan fingerprint density at radius 1 is 1.38 bits per heavy atom. The second-order valence-electron chi connectivity index (χ2n) is 4.67. The second-order valence-corrected chi connectivity index (χ2v) is 4.67. The van der Waals surface area contributed by atoms with E-state index >= 15 is 0 Å². The van der Waals surface area contributed by atoms with E-state index in [-0.39, 0.29) is 24.0 Å². The molecular weight excluding hydrogens is 270 g/mol. The van der Waals surface area contributed by atoms with Gasteiger partial charge in [-0.2, -0.15) is 14.6 Å². The van der Waals surface area contributed by atoms with Crippen molar-refractivity contribution in [2.45, 2.75) is 13.3 Å². The summed E-state index contributed by atoms with van der Waals surface area (Å²) in [7, 11) is 0. The maximum Gasteiger partial charge on any atom is 0.255 e. The summed E-state index contributed by atoms with van der Waals surface area (Å²) in [5, 5.41) is 16.4. The molecule has 7 nitrogen and oxygen atoms in total. The monoisotopic (exact) mass is 283 g/mol. The predicted molar refractivity (Wildman–Crippen MR) is 76.0 cm³/mol. The Kier molecular flexibility index (Phi) is 3.23. The summed E-state index contributed by atoms with van der Waals surface area (Å²) in [6.07, 6.45) is 1.34. The van der Waals surface area contributed by atoms with Crippen molar-refractivity contribution >= 4 is 17.4 Å². The molecule has 7 heteroatoms. The van der Waals surface area contributed by atoms with Crippen molar-refractivity contribution < 1.29 is 9.90 Å². The number of hydrogen-bond acceptors (Lipinski definition) is 5. The first kappa shape index (κ1) is 13.0. The first-order chi connectivity index (χ1) is 10.1. The number of aryl methyl sites for hydroxylation is 1. The number of anilines is 1. The molecule has 21 heavy (non-hydrogen) atoms. The summed E-state index contributed by atoms with van der Waals surface area (Å²) in [5.74, 6) is -0.0550. The largest absolute Gasteiger partial charge is 0.493 e. The summed E-state index contributed by atoms with van der Waals surface area (Å²) in [5.41, 5.74) is 2.22. The van der Waals surface area contributed by atoms with Crippen molar-refractivity contribution in [2.75, 3.05) is 5.32 Å². The van der Waals surface area contributed by atoms with E-state index in [1.54, 1.807) is 0 Å². The van der Waals surface area contributed by atoms with Crippen LogP contribution in [0.25, 0.3) is 5.78 Å². The predicted octanol–water partition coefficient (Wildman–Crippen LogP) is 1.32. The Morgan fingerprint density at radius 3 is 3.05 bits per heavy atom. The van der Waals surface area contributed by atoms with Gasteiger partial charge in [0.25, 0.3) is 5.78 Å². The molecule has 106 valence electrons. The highest BCUT2D eigenvalue weighted by Crippen LogP contribution is 2.13. The minimum absolute atomic E-state index is 0.0465. The number of carbonyl (C=O) groups is 1. The Balaban J connectivity index is 1.77. The zero-order chi connectivity index (χ0) is 14.8. The molecule has 0 atom stereocenters. The lowest BCUT2D eigenvalue weighted by atomic mass is 10.2. The van der Waals surface area contributed by atoms with Gasteiger partial charge in [-0.25, -0.2) is 4.98 Å². The van der Waals surface area contributed by atoms with Crippen molar-refractivity contribution in [3.8, 4) is 5.88 Å². The van der Waals surface area contributed by atoms with Gasteiger partial charge in [-0.1, -0.05) is 12.1 Å². The van der Waals surface area contributed by atoms with Crippen LogP contribution in [0.15, 0.2) is 36.7 Å². The molecule has 0 fully saturated rings. The fourth-order valence-electron chi connectivity index (χ4n) is 2.03. The zero-order valence-corrected chi connectivity index (χ0v) is 11.3. The van der Waals surface area contributed by atoms with E-state index < -0.39 is 0 Å². The van der Waals surface area contributed by atoms with Gasteiger partial charge in [-0.15, -0.1) is 0 Å². The maximum atomic E-state index is 12.0. The van der Waals surface area contributed by atoms with Crippen LogP contribution in [-0.4, -0.2) is 30.6 Å². The number of hydrogen-bond donors (Lipinski definition) is 2. The lowest BCUT2D eigenvalue weighted by molar-refractivity contribution is -0.115. The van der Waals surface area contributed by atoms with E-state index in [2.05, 4.69) is 20.4 Å². The molecule has 0 unspecified atom stereocenters. The minimum Gasteiger partial charge on any atom is -0.493 e. The fraction of sp³-hybridized carbons (Fsp3) is 0.143. The summed E-state index contributed by atoms with van der Waals surface area (Å²) in [6, 6.07) is 8.92. The van der Waals surface area contributed by atoms with Crippen molar-refractivity contribution in [1.82, 2.24) is 19.6 Å². The molecule has 0 saturated heterocycles. The van der Waals surface area contributed by atoms with Crippen LogP contribution < -0.4 is 5.32 Å². The molecule has 1 aromatic carbocycles. The maximum absolute atomic E-state index is 12.0. The first-order valence-electron chi connectivity index (χ1n) is 6.37. The van der Waals surface area contributed by atoms with Crippen molar-refractivity contribution in [2.24, 2.45) is 0 Å². The standard InChI is InChI=1S/C14H13N5O2/c1-9-3-2-4-10(5-9)17-12(20)6-11-7-13(21)19-14(18-11)15-8-16-19/h2-5,7-8,21H,6H2,1H3,(H,17,20). The number of rotatable bonds is 3. The molecular formula is C14H13N5O2. The van der Waals surface area contributed by atoms with E-state index in [1.807, 2.05) is 31.2 Å². The molecule has 0 aliphatic heterocycles. The Morgan fingerprint density at radius 2 is 2.24 bits per heavy atom. The Hall–Kier alpha value is -2.96. The highest BCUT2D eigenvalue weighted by molar-refractivity contribution is 5.92. The van der Waals surface area contributed by atoms with Gasteiger partial charge >= 0.3 is 0 Å². The fourth-order valence-corrected chi connectivity index (χ4v) is 2.03. The zero-order valence-electron chi connectivity index (χ0n) is 11.3. The molecule has 0 radical (unpaired) electrons. The second kappa shape index (κ2) is 5.20. The van der Waals surface area contributed by atoms with Crippen LogP contribution in [0, 0.1) is 6.92 Å². The SMILES string of the molecule is Cc1cccc(NC(=O)Cc2cc(O)n3ncnc3n2)c1. The summed E-state index contributed by atoms with van der Waals surface area (Å²) in [6.45, 7) is 1.95. The van der Waals surface area contributed by atoms with Gasteiger partial charge < -0.3 is 10.4 Å². The molecule has 0 bridgehead atoms. The number of aromatic hydroxyl groups is 1. The third-order valence-corrected chi connectivity index (χ3v) is 2.93. The van der Waals surface area contributed by atoms with Gasteiger partial charge in [-0.05, 0) is 24.6 Å². The number of benzene rings is 1. The number of nitrogens with one attached hydrogen (secondary N) is 1. The van der Waals surface area contributed by atoms with E-state index in [0.717, 1.165) is 11.3 Å². The Bertz CT molecular complexity index is 812. The van der Waals surface area contributed by atoms with Gasteiger partial charge in [0.1, 0.15) is 6.33 Å². The minimum atomic E-state index is -0.212. The van der Waals surface area contributed by atoms with Crippen LogP contribution in [0.5, 0.6) is 5.88 Å². The molecule has 3 rings (SSSR count). The topological polar surface area (TPSA) is 92.4 Å². The van der Waals surface area contributed by atoms with Crippen LogP contribution in [0.3, 0.4) is 0 Å². The van der Waals surface area contributed by atoms with Gasteiger partial charge in [0.05, 0.1) is 12.1 Å². The van der Waals surface area contributed by atoms with Crippen LogP contribution in [0.1, 0.15) is 11.3 Å². The molecule has 0 spiro atoms. The number of nitrogens with zero attached hydrogens (tertiary/aromatic N) is 4. The smallest absolute Gasteiger partial charge is 0.255 e. The lowest BCUT2D eigenvalue weighted by Gasteiger charge is -2.06. The quantitative estimate of drug-likeness (QED) is 0.756. The third kappa shape index (κ3) is 2.81. The summed E-state index contributed by atoms with van der Waals surface area (Å²) in [4.78, 5) is 20.1. The first-order valence-corrected chi connectivity index (χ1v) is 6.37. The van der Waals surface area contributed by atoms with Crippen molar-refractivity contribution in [3.05, 3.63) is 47.9 Å². The number of amides is 1.